The average Bonchev–Trinajstić information content (AvgIpc) is 3.08. The molecule has 2 aromatic rings. The van der Waals surface area contributed by atoms with Gasteiger partial charge in [0.15, 0.2) is 11.6 Å². The van der Waals surface area contributed by atoms with Crippen LogP contribution in [0.2, 0.25) is 0 Å². The second-order valence-electron chi connectivity index (χ2n) is 7.53. The van der Waals surface area contributed by atoms with Gasteiger partial charge in [0.1, 0.15) is 5.82 Å². The Labute approximate surface area is 165 Å². The molecule has 4 rings (SSSR count). The van der Waals surface area contributed by atoms with E-state index in [2.05, 4.69) is 4.90 Å². The number of fused-ring (bicyclic) bond motifs is 1. The summed E-state index contributed by atoms with van der Waals surface area (Å²) in [6.07, 6.45) is -0.00837. The Kier molecular flexibility index (Phi) is 6.53. The monoisotopic (exact) mass is 416 g/mol. The smallest absolute Gasteiger partial charge is 0.328 e. The first-order valence-corrected chi connectivity index (χ1v) is 9.42. The molecule has 0 saturated heterocycles. The van der Waals surface area contributed by atoms with Crippen molar-refractivity contribution in [3.05, 3.63) is 70.5 Å². The van der Waals surface area contributed by atoms with E-state index in [1.807, 2.05) is 0 Å². The van der Waals surface area contributed by atoms with Gasteiger partial charge in [-0.15, -0.1) is 0 Å². The molecule has 2 aliphatic rings. The summed E-state index contributed by atoms with van der Waals surface area (Å²) in [5, 5.41) is 0. The molecule has 0 unspecified atom stereocenters. The van der Waals surface area contributed by atoms with Crippen LogP contribution >= 0.6 is 0 Å². The van der Waals surface area contributed by atoms with Gasteiger partial charge >= 0.3 is 6.18 Å². The summed E-state index contributed by atoms with van der Waals surface area (Å²) in [4.78, 5) is 2.28. The zero-order chi connectivity index (χ0) is 21.2. The molecule has 0 spiro atoms. The molecule has 29 heavy (non-hydrogen) atoms. The predicted octanol–water partition coefficient (Wildman–Crippen LogP) is 5.39. The molecule has 2 atom stereocenters. The summed E-state index contributed by atoms with van der Waals surface area (Å²) in [6.45, 7) is 1.38. The van der Waals surface area contributed by atoms with E-state index in [0.29, 0.717) is 18.7 Å². The molecule has 0 radical (unpaired) electrons. The standard InChI is InChI=1S/C15H19F3N2.C6H3F3/c16-15(17,18)12-5-4-10-8-20(9-11(10)6-12)14-3-1-2-13(19)7-14;7-4-1-2-5(8)6(9)3-4/h4-6,13-14H,1-3,7-9,19H2;1-3H/t13-,14+;/m1./s1. The first-order valence-electron chi connectivity index (χ1n) is 9.42. The number of nitrogens with two attached hydrogens (primary N) is 1. The van der Waals surface area contributed by atoms with Crippen molar-refractivity contribution in [3.63, 3.8) is 0 Å². The van der Waals surface area contributed by atoms with Crippen LogP contribution in [-0.2, 0) is 19.3 Å². The van der Waals surface area contributed by atoms with Crippen LogP contribution in [0.5, 0.6) is 0 Å². The molecule has 1 heterocycles. The van der Waals surface area contributed by atoms with Crippen molar-refractivity contribution < 1.29 is 26.3 Å². The van der Waals surface area contributed by atoms with Gasteiger partial charge in [0.2, 0.25) is 0 Å². The molecule has 2 nitrogen and oxygen atoms in total. The highest BCUT2D eigenvalue weighted by Gasteiger charge is 2.34. The van der Waals surface area contributed by atoms with Gasteiger partial charge in [0.05, 0.1) is 5.56 Å². The lowest BCUT2D eigenvalue weighted by molar-refractivity contribution is -0.137. The normalized spacial score (nSPS) is 22.0. The van der Waals surface area contributed by atoms with Crippen LogP contribution in [0.15, 0.2) is 36.4 Å². The van der Waals surface area contributed by atoms with Gasteiger partial charge in [-0.25, -0.2) is 13.2 Å². The summed E-state index contributed by atoms with van der Waals surface area (Å²) in [5.41, 5.74) is 7.30. The van der Waals surface area contributed by atoms with Gasteiger partial charge in [-0.3, -0.25) is 4.90 Å². The van der Waals surface area contributed by atoms with Crippen LogP contribution < -0.4 is 5.73 Å². The summed E-state index contributed by atoms with van der Waals surface area (Å²) >= 11 is 0. The van der Waals surface area contributed by atoms with Crippen LogP contribution in [0.25, 0.3) is 0 Å². The third-order valence-electron chi connectivity index (χ3n) is 5.37. The lowest BCUT2D eigenvalue weighted by Gasteiger charge is -2.33. The molecule has 158 valence electrons. The van der Waals surface area contributed by atoms with Crippen LogP contribution in [-0.4, -0.2) is 17.0 Å². The van der Waals surface area contributed by atoms with E-state index in [-0.39, 0.29) is 6.04 Å². The van der Waals surface area contributed by atoms with Crippen molar-refractivity contribution in [1.29, 1.82) is 0 Å². The predicted molar refractivity (Wildman–Crippen MR) is 97.2 cm³/mol. The number of rotatable bonds is 1. The Morgan fingerprint density at radius 2 is 1.59 bits per heavy atom. The van der Waals surface area contributed by atoms with E-state index < -0.39 is 29.2 Å². The Bertz CT molecular complexity index is 852. The van der Waals surface area contributed by atoms with Gasteiger partial charge in [0.25, 0.3) is 0 Å². The number of benzene rings is 2. The molecule has 0 aromatic heterocycles. The van der Waals surface area contributed by atoms with Crippen LogP contribution in [0.1, 0.15) is 42.4 Å². The Morgan fingerprint density at radius 3 is 2.21 bits per heavy atom. The maximum atomic E-state index is 12.7. The van der Waals surface area contributed by atoms with Gasteiger partial charge in [0, 0.05) is 31.2 Å². The van der Waals surface area contributed by atoms with E-state index in [4.69, 9.17) is 5.73 Å². The Morgan fingerprint density at radius 1 is 0.862 bits per heavy atom. The maximum absolute atomic E-state index is 12.7. The van der Waals surface area contributed by atoms with Crippen molar-refractivity contribution in [1.82, 2.24) is 4.90 Å². The van der Waals surface area contributed by atoms with Crippen LogP contribution in [0, 0.1) is 17.5 Å². The largest absolute Gasteiger partial charge is 0.416 e. The SMILES string of the molecule is Fc1ccc(F)c(F)c1.N[C@@H]1CCC[C@H](N2Cc3ccc(C(F)(F)F)cc3C2)C1. The third kappa shape index (κ3) is 5.51. The summed E-state index contributed by atoms with van der Waals surface area (Å²) in [6, 6.07) is 6.87. The van der Waals surface area contributed by atoms with E-state index >= 15 is 0 Å². The van der Waals surface area contributed by atoms with Gasteiger partial charge in [-0.05, 0) is 54.7 Å². The highest BCUT2D eigenvalue weighted by atomic mass is 19.4. The highest BCUT2D eigenvalue weighted by molar-refractivity contribution is 5.36. The van der Waals surface area contributed by atoms with Crippen molar-refractivity contribution in [2.24, 2.45) is 5.73 Å². The zero-order valence-electron chi connectivity index (χ0n) is 15.7. The second kappa shape index (κ2) is 8.75. The fourth-order valence-electron chi connectivity index (χ4n) is 3.86. The molecule has 1 saturated carbocycles. The first-order chi connectivity index (χ1) is 13.6. The lowest BCUT2D eigenvalue weighted by Crippen LogP contribution is -2.39. The van der Waals surface area contributed by atoms with Crippen LogP contribution in [0.3, 0.4) is 0 Å². The van der Waals surface area contributed by atoms with Crippen LogP contribution in [0.4, 0.5) is 26.3 Å². The Hall–Kier alpha value is -2.06. The quantitative estimate of drug-likeness (QED) is 0.499. The average molecular weight is 416 g/mol. The van der Waals surface area contributed by atoms with Crippen molar-refractivity contribution in [3.8, 4) is 0 Å². The second-order valence-corrected chi connectivity index (χ2v) is 7.53. The summed E-state index contributed by atoms with van der Waals surface area (Å²) < 4.78 is 74.1. The maximum Gasteiger partial charge on any atom is 0.416 e. The number of halogens is 6. The van der Waals surface area contributed by atoms with E-state index in [1.54, 1.807) is 6.07 Å². The molecule has 8 heteroatoms. The topological polar surface area (TPSA) is 29.3 Å². The van der Waals surface area contributed by atoms with Crippen molar-refractivity contribution in [2.75, 3.05) is 0 Å². The fraction of sp³-hybridized carbons (Fsp3) is 0.429. The minimum absolute atomic E-state index is 0.239. The number of alkyl halides is 3. The fourth-order valence-corrected chi connectivity index (χ4v) is 3.86. The molecule has 0 amide bonds. The highest BCUT2D eigenvalue weighted by Crippen LogP contribution is 2.35. The molecule has 0 bridgehead atoms. The van der Waals surface area contributed by atoms with Gasteiger partial charge in [-0.2, -0.15) is 13.2 Å². The molecule has 1 fully saturated rings. The molecule has 1 aliphatic heterocycles. The van der Waals surface area contributed by atoms with Crippen molar-refractivity contribution >= 4 is 0 Å². The number of nitrogens with zero attached hydrogens (tertiary/aromatic N) is 1. The third-order valence-corrected chi connectivity index (χ3v) is 5.37. The summed E-state index contributed by atoms with van der Waals surface area (Å²) in [7, 11) is 0. The number of hydrogen-bond donors (Lipinski definition) is 1. The minimum atomic E-state index is -4.25. The van der Waals surface area contributed by atoms with E-state index in [0.717, 1.165) is 55.5 Å². The molecular formula is C21H22F6N2. The summed E-state index contributed by atoms with van der Waals surface area (Å²) in [5.74, 6) is -2.96. The zero-order valence-corrected chi connectivity index (χ0v) is 15.7. The number of hydrogen-bond acceptors (Lipinski definition) is 2. The van der Waals surface area contributed by atoms with Gasteiger partial charge in [-0.1, -0.05) is 12.5 Å². The molecule has 2 aromatic carbocycles. The first kappa shape index (κ1) is 21.6. The van der Waals surface area contributed by atoms with E-state index in [1.165, 1.54) is 12.1 Å². The molecule has 2 N–H and O–H groups in total. The lowest BCUT2D eigenvalue weighted by atomic mass is 9.91. The molecule has 1 aliphatic carbocycles. The van der Waals surface area contributed by atoms with Crippen molar-refractivity contribution in [2.45, 2.75) is 57.0 Å². The molecular weight excluding hydrogens is 394 g/mol. The minimum Gasteiger partial charge on any atom is -0.328 e. The van der Waals surface area contributed by atoms with E-state index in [9.17, 15) is 26.3 Å². The Balaban J connectivity index is 0.000000224. The van der Waals surface area contributed by atoms with Gasteiger partial charge < -0.3 is 5.73 Å².